The molecule has 0 atom stereocenters. The number of thiophene rings is 2. The molecule has 21 heavy (non-hydrogen) atoms. The summed E-state index contributed by atoms with van der Waals surface area (Å²) in [6.45, 7) is 0.297. The van der Waals surface area contributed by atoms with Gasteiger partial charge in [-0.3, -0.25) is 0 Å². The van der Waals surface area contributed by atoms with E-state index in [4.69, 9.17) is 5.11 Å². The van der Waals surface area contributed by atoms with E-state index in [1.807, 2.05) is 16.8 Å². The number of aromatic carboxylic acids is 1. The Morgan fingerprint density at radius 2 is 2.10 bits per heavy atom. The van der Waals surface area contributed by atoms with E-state index in [0.29, 0.717) is 6.54 Å². The summed E-state index contributed by atoms with van der Waals surface area (Å²) in [5.41, 5.74) is 0.933. The Labute approximate surface area is 130 Å². The first kappa shape index (κ1) is 14.7. The van der Waals surface area contributed by atoms with Crippen LogP contribution in [0.5, 0.6) is 0 Å². The van der Waals surface area contributed by atoms with Gasteiger partial charge < -0.3 is 5.11 Å². The number of nitrogens with zero attached hydrogens (tertiary/aromatic N) is 1. The van der Waals surface area contributed by atoms with Crippen molar-refractivity contribution >= 4 is 38.7 Å². The van der Waals surface area contributed by atoms with Crippen LogP contribution in [0.4, 0.5) is 0 Å². The topological polar surface area (TPSA) is 74.7 Å². The molecule has 112 valence electrons. The molecule has 0 unspecified atom stereocenters. The lowest BCUT2D eigenvalue weighted by atomic mass is 10.3. The van der Waals surface area contributed by atoms with E-state index in [2.05, 4.69) is 0 Å². The van der Waals surface area contributed by atoms with E-state index in [1.165, 1.54) is 27.1 Å². The molecule has 8 heteroatoms. The molecule has 1 fully saturated rings. The summed E-state index contributed by atoms with van der Waals surface area (Å²) in [5.74, 6) is -1.20. The van der Waals surface area contributed by atoms with Gasteiger partial charge in [0, 0.05) is 12.6 Å². The minimum absolute atomic E-state index is 0.0172. The van der Waals surface area contributed by atoms with Gasteiger partial charge >= 0.3 is 5.97 Å². The number of sulfonamides is 1. The van der Waals surface area contributed by atoms with Crippen LogP contribution in [0.15, 0.2) is 33.2 Å². The number of hydrogen-bond acceptors (Lipinski definition) is 5. The van der Waals surface area contributed by atoms with E-state index >= 15 is 0 Å². The van der Waals surface area contributed by atoms with E-state index in [-0.39, 0.29) is 15.8 Å². The summed E-state index contributed by atoms with van der Waals surface area (Å²) in [4.78, 5) is 11.0. The largest absolute Gasteiger partial charge is 0.477 e. The molecular weight excluding hydrogens is 330 g/mol. The van der Waals surface area contributed by atoms with Gasteiger partial charge in [-0.15, -0.1) is 11.3 Å². The van der Waals surface area contributed by atoms with Crippen LogP contribution < -0.4 is 0 Å². The molecule has 3 rings (SSSR count). The smallest absolute Gasteiger partial charge is 0.347 e. The molecular formula is C13H13NO4S3. The molecule has 1 aliphatic rings. The second kappa shape index (κ2) is 5.53. The Hall–Kier alpha value is -1.22. The Balaban J connectivity index is 1.97. The van der Waals surface area contributed by atoms with Crippen molar-refractivity contribution in [1.29, 1.82) is 0 Å². The summed E-state index contributed by atoms with van der Waals surface area (Å²) in [6.07, 6.45) is 1.66. The zero-order chi connectivity index (χ0) is 15.0. The third-order valence-electron chi connectivity index (χ3n) is 3.28. The first-order chi connectivity index (χ1) is 10.00. The highest BCUT2D eigenvalue weighted by molar-refractivity contribution is 7.89. The first-order valence-electron chi connectivity index (χ1n) is 6.34. The Morgan fingerprint density at radius 3 is 2.67 bits per heavy atom. The maximum Gasteiger partial charge on any atom is 0.347 e. The summed E-state index contributed by atoms with van der Waals surface area (Å²) in [7, 11) is -3.78. The quantitative estimate of drug-likeness (QED) is 0.875. The molecule has 2 aromatic heterocycles. The van der Waals surface area contributed by atoms with Crippen LogP contribution in [-0.2, 0) is 16.6 Å². The number of rotatable bonds is 6. The van der Waals surface area contributed by atoms with E-state index in [1.54, 1.807) is 0 Å². The maximum atomic E-state index is 12.8. The third kappa shape index (κ3) is 2.89. The second-order valence-electron chi connectivity index (χ2n) is 4.83. The number of carboxylic acid groups (broad SMARTS) is 1. The molecule has 5 nitrogen and oxygen atoms in total. The second-order valence-corrected chi connectivity index (χ2v) is 8.39. The van der Waals surface area contributed by atoms with Crippen molar-refractivity contribution in [2.24, 2.45) is 0 Å². The predicted octanol–water partition coefficient (Wildman–Crippen LogP) is 2.86. The molecule has 0 saturated heterocycles. The lowest BCUT2D eigenvalue weighted by Crippen LogP contribution is -2.33. The molecule has 0 bridgehead atoms. The number of carboxylic acids is 1. The molecule has 2 aromatic rings. The van der Waals surface area contributed by atoms with Crippen molar-refractivity contribution in [3.05, 3.63) is 38.7 Å². The van der Waals surface area contributed by atoms with E-state index < -0.39 is 16.0 Å². The summed E-state index contributed by atoms with van der Waals surface area (Å²) in [5, 5.41) is 14.5. The fourth-order valence-electron chi connectivity index (χ4n) is 2.12. The van der Waals surface area contributed by atoms with Gasteiger partial charge in [-0.1, -0.05) is 0 Å². The van der Waals surface area contributed by atoms with Gasteiger partial charge in [0.05, 0.1) is 0 Å². The van der Waals surface area contributed by atoms with Gasteiger partial charge in [0.1, 0.15) is 9.77 Å². The van der Waals surface area contributed by atoms with Gasteiger partial charge in [0.2, 0.25) is 10.0 Å². The molecule has 1 aliphatic carbocycles. The van der Waals surface area contributed by atoms with Crippen molar-refractivity contribution in [1.82, 2.24) is 4.31 Å². The molecule has 1 N–H and O–H groups in total. The SMILES string of the molecule is O=C(O)c1sccc1S(=O)(=O)N(Cc1ccsc1)C1CC1. The molecule has 0 amide bonds. The molecule has 0 radical (unpaired) electrons. The molecule has 0 aromatic carbocycles. The number of hydrogen-bond donors (Lipinski definition) is 1. The van der Waals surface area contributed by atoms with Crippen molar-refractivity contribution in [3.8, 4) is 0 Å². The monoisotopic (exact) mass is 343 g/mol. The fraction of sp³-hybridized carbons (Fsp3) is 0.308. The van der Waals surface area contributed by atoms with Crippen LogP contribution in [0.25, 0.3) is 0 Å². The molecule has 0 aliphatic heterocycles. The van der Waals surface area contributed by atoms with Crippen LogP contribution >= 0.6 is 22.7 Å². The Morgan fingerprint density at radius 1 is 1.33 bits per heavy atom. The van der Waals surface area contributed by atoms with Crippen LogP contribution in [0.3, 0.4) is 0 Å². The van der Waals surface area contributed by atoms with Gasteiger partial charge in [-0.25, -0.2) is 13.2 Å². The van der Waals surface area contributed by atoms with E-state index in [0.717, 1.165) is 29.7 Å². The molecule has 1 saturated carbocycles. The van der Waals surface area contributed by atoms with Crippen LogP contribution in [-0.4, -0.2) is 29.8 Å². The van der Waals surface area contributed by atoms with Gasteiger partial charge in [-0.05, 0) is 46.7 Å². The summed E-state index contributed by atoms with van der Waals surface area (Å²) in [6, 6.07) is 3.25. The molecule has 2 heterocycles. The number of carbonyl (C=O) groups is 1. The Bertz CT molecular complexity index is 744. The zero-order valence-corrected chi connectivity index (χ0v) is 13.4. The zero-order valence-electron chi connectivity index (χ0n) is 10.9. The fourth-order valence-corrected chi connectivity index (χ4v) is 5.69. The normalized spacial score (nSPS) is 15.5. The van der Waals surface area contributed by atoms with Crippen molar-refractivity contribution in [2.75, 3.05) is 0 Å². The van der Waals surface area contributed by atoms with Crippen molar-refractivity contribution in [2.45, 2.75) is 30.3 Å². The highest BCUT2D eigenvalue weighted by atomic mass is 32.2. The van der Waals surface area contributed by atoms with Crippen LogP contribution in [0, 0.1) is 0 Å². The predicted molar refractivity (Wildman–Crippen MR) is 81.3 cm³/mol. The summed E-state index contributed by atoms with van der Waals surface area (Å²) < 4.78 is 27.0. The van der Waals surface area contributed by atoms with Crippen LogP contribution in [0.2, 0.25) is 0 Å². The standard InChI is InChI=1S/C13H13NO4S3/c15-13(16)12-11(4-6-20-12)21(17,18)14(10-1-2-10)7-9-3-5-19-8-9/h3-6,8,10H,1-2,7H2,(H,15,16). The van der Waals surface area contributed by atoms with Crippen molar-refractivity contribution < 1.29 is 18.3 Å². The van der Waals surface area contributed by atoms with Gasteiger partial charge in [0.25, 0.3) is 0 Å². The minimum atomic E-state index is -3.78. The Kier molecular flexibility index (Phi) is 3.87. The van der Waals surface area contributed by atoms with E-state index in [9.17, 15) is 13.2 Å². The van der Waals surface area contributed by atoms with Gasteiger partial charge in [-0.2, -0.15) is 15.6 Å². The first-order valence-corrected chi connectivity index (χ1v) is 9.60. The lowest BCUT2D eigenvalue weighted by molar-refractivity contribution is 0.0698. The summed E-state index contributed by atoms with van der Waals surface area (Å²) >= 11 is 2.46. The molecule has 0 spiro atoms. The van der Waals surface area contributed by atoms with Gasteiger partial charge in [0.15, 0.2) is 0 Å². The highest BCUT2D eigenvalue weighted by Crippen LogP contribution is 2.35. The third-order valence-corrected chi connectivity index (χ3v) is 6.99. The average molecular weight is 343 g/mol. The van der Waals surface area contributed by atoms with Crippen molar-refractivity contribution in [3.63, 3.8) is 0 Å². The minimum Gasteiger partial charge on any atom is -0.477 e. The highest BCUT2D eigenvalue weighted by Gasteiger charge is 2.40. The van der Waals surface area contributed by atoms with Crippen LogP contribution in [0.1, 0.15) is 28.1 Å². The maximum absolute atomic E-state index is 12.8. The lowest BCUT2D eigenvalue weighted by Gasteiger charge is -2.21. The average Bonchev–Trinajstić information content (AvgIpc) is 2.95.